The third kappa shape index (κ3) is 5.21. The minimum atomic E-state index is -0.257. The zero-order chi connectivity index (χ0) is 22.7. The van der Waals surface area contributed by atoms with E-state index in [1.165, 1.54) is 0 Å². The van der Waals surface area contributed by atoms with Gasteiger partial charge in [0.25, 0.3) is 11.8 Å². The Morgan fingerprint density at radius 2 is 2.00 bits per heavy atom. The molecular weight excluding hydrogens is 412 g/mol. The van der Waals surface area contributed by atoms with Crippen molar-refractivity contribution >= 4 is 11.8 Å². The van der Waals surface area contributed by atoms with Gasteiger partial charge < -0.3 is 24.2 Å². The lowest BCUT2D eigenvalue weighted by Crippen LogP contribution is -2.50. The number of nitrogens with one attached hydrogen (secondary N) is 1. The molecule has 0 saturated carbocycles. The number of fused-ring (bicyclic) bond motifs is 1. The van der Waals surface area contributed by atoms with Crippen molar-refractivity contribution in [3.8, 4) is 11.5 Å². The molecule has 0 bridgehead atoms. The van der Waals surface area contributed by atoms with E-state index in [0.717, 1.165) is 37.4 Å². The van der Waals surface area contributed by atoms with Crippen LogP contribution in [0.25, 0.3) is 0 Å². The number of piperazine rings is 1. The molecule has 0 unspecified atom stereocenters. The number of carbonyl (C=O) groups is 2. The molecule has 0 radical (unpaired) electrons. The number of amides is 2. The van der Waals surface area contributed by atoms with Crippen LogP contribution in [0.2, 0.25) is 0 Å². The average molecular weight is 443 g/mol. The lowest BCUT2D eigenvalue weighted by atomic mass is 10.0. The predicted octanol–water partition coefficient (Wildman–Crippen LogP) is 1.65. The monoisotopic (exact) mass is 442 g/mol. The Morgan fingerprint density at radius 3 is 2.72 bits per heavy atom. The molecule has 1 aromatic carbocycles. The number of hydrogen-bond donors (Lipinski definition) is 1. The third-order valence-electron chi connectivity index (χ3n) is 5.67. The molecule has 1 N–H and O–H groups in total. The van der Waals surface area contributed by atoms with Crippen molar-refractivity contribution in [1.82, 2.24) is 20.3 Å². The van der Waals surface area contributed by atoms with Gasteiger partial charge in [-0.25, -0.2) is 0 Å². The van der Waals surface area contributed by atoms with Gasteiger partial charge in [0, 0.05) is 57.3 Å². The highest BCUT2D eigenvalue weighted by atomic mass is 16.5. The largest absolute Gasteiger partial charge is 0.483 e. The minimum Gasteiger partial charge on any atom is -0.483 e. The molecule has 0 aliphatic carbocycles. The molecule has 1 aromatic heterocycles. The van der Waals surface area contributed by atoms with Gasteiger partial charge in [-0.05, 0) is 26.8 Å². The standard InChI is InChI=1S/C23H30N4O5/c1-16-13-18(25-32-16)22(29)27-11-9-26(10-12-27)8-7-24-20(28)15-30-19-6-4-5-17-14-23(2,3)31-21(17)19/h4-6,13H,7-12,14-15H2,1-3H3,(H,24,28). The summed E-state index contributed by atoms with van der Waals surface area (Å²) in [6.07, 6.45) is 0.822. The lowest BCUT2D eigenvalue weighted by molar-refractivity contribution is -0.123. The van der Waals surface area contributed by atoms with Crippen molar-refractivity contribution in [2.45, 2.75) is 32.8 Å². The molecule has 32 heavy (non-hydrogen) atoms. The van der Waals surface area contributed by atoms with Gasteiger partial charge in [0.05, 0.1) is 0 Å². The van der Waals surface area contributed by atoms with E-state index in [1.807, 2.05) is 32.0 Å². The topological polar surface area (TPSA) is 97.1 Å². The molecule has 0 spiro atoms. The van der Waals surface area contributed by atoms with Crippen molar-refractivity contribution in [2.24, 2.45) is 0 Å². The van der Waals surface area contributed by atoms with Gasteiger partial charge in [0.1, 0.15) is 11.4 Å². The van der Waals surface area contributed by atoms with Crippen LogP contribution in [0.3, 0.4) is 0 Å². The lowest BCUT2D eigenvalue weighted by Gasteiger charge is -2.34. The van der Waals surface area contributed by atoms with Gasteiger partial charge in [-0.3, -0.25) is 14.5 Å². The first-order chi connectivity index (χ1) is 15.3. The number of carbonyl (C=O) groups excluding carboxylic acids is 2. The average Bonchev–Trinajstić information content (AvgIpc) is 3.33. The Morgan fingerprint density at radius 1 is 1.22 bits per heavy atom. The van der Waals surface area contributed by atoms with E-state index in [4.69, 9.17) is 14.0 Å². The normalized spacial score (nSPS) is 17.5. The molecule has 2 aliphatic rings. The summed E-state index contributed by atoms with van der Waals surface area (Å²) < 4.78 is 16.7. The van der Waals surface area contributed by atoms with E-state index >= 15 is 0 Å². The molecule has 3 heterocycles. The minimum absolute atomic E-state index is 0.0559. The summed E-state index contributed by atoms with van der Waals surface area (Å²) in [4.78, 5) is 28.6. The van der Waals surface area contributed by atoms with Gasteiger partial charge in [-0.1, -0.05) is 17.3 Å². The van der Waals surface area contributed by atoms with E-state index in [-0.39, 0.29) is 24.0 Å². The highest BCUT2D eigenvalue weighted by Gasteiger charge is 2.32. The highest BCUT2D eigenvalue weighted by molar-refractivity contribution is 5.92. The maximum atomic E-state index is 12.4. The Balaban J connectivity index is 1.15. The number of aromatic nitrogens is 1. The van der Waals surface area contributed by atoms with Crippen molar-refractivity contribution in [1.29, 1.82) is 0 Å². The maximum absolute atomic E-state index is 12.4. The smallest absolute Gasteiger partial charge is 0.276 e. The number of rotatable bonds is 7. The predicted molar refractivity (Wildman–Crippen MR) is 117 cm³/mol. The van der Waals surface area contributed by atoms with E-state index in [2.05, 4.69) is 15.4 Å². The van der Waals surface area contributed by atoms with Crippen molar-refractivity contribution in [3.05, 3.63) is 41.3 Å². The fourth-order valence-electron chi connectivity index (χ4n) is 4.05. The number of para-hydroxylation sites is 1. The second-order valence-electron chi connectivity index (χ2n) is 8.88. The summed E-state index contributed by atoms with van der Waals surface area (Å²) in [6.45, 7) is 9.76. The first kappa shape index (κ1) is 22.1. The molecule has 9 nitrogen and oxygen atoms in total. The highest BCUT2D eigenvalue weighted by Crippen LogP contribution is 2.41. The third-order valence-corrected chi connectivity index (χ3v) is 5.67. The molecule has 9 heteroatoms. The van der Waals surface area contributed by atoms with Gasteiger partial charge >= 0.3 is 0 Å². The van der Waals surface area contributed by atoms with Crippen LogP contribution < -0.4 is 14.8 Å². The first-order valence-electron chi connectivity index (χ1n) is 11.0. The van der Waals surface area contributed by atoms with Crippen LogP contribution >= 0.6 is 0 Å². The van der Waals surface area contributed by atoms with Gasteiger partial charge in [0.15, 0.2) is 23.8 Å². The SMILES string of the molecule is Cc1cc(C(=O)N2CCN(CCNC(=O)COc3cccc4c3OC(C)(C)C4)CC2)no1. The van der Waals surface area contributed by atoms with Crippen LogP contribution in [-0.2, 0) is 11.2 Å². The maximum Gasteiger partial charge on any atom is 0.276 e. The van der Waals surface area contributed by atoms with Crippen LogP contribution in [-0.4, -0.2) is 78.2 Å². The molecule has 2 amide bonds. The van der Waals surface area contributed by atoms with E-state index in [1.54, 1.807) is 17.9 Å². The molecule has 2 aromatic rings. The Hall–Kier alpha value is -3.07. The first-order valence-corrected chi connectivity index (χ1v) is 11.0. The number of ether oxygens (including phenoxy) is 2. The van der Waals surface area contributed by atoms with Crippen LogP contribution in [0, 0.1) is 6.92 Å². The second kappa shape index (κ2) is 9.20. The van der Waals surface area contributed by atoms with Crippen LogP contribution in [0.1, 0.15) is 35.7 Å². The second-order valence-corrected chi connectivity index (χ2v) is 8.88. The number of benzene rings is 1. The molecule has 1 saturated heterocycles. The molecule has 1 fully saturated rings. The fraction of sp³-hybridized carbons (Fsp3) is 0.522. The molecular formula is C23H30N4O5. The zero-order valence-electron chi connectivity index (χ0n) is 18.8. The summed E-state index contributed by atoms with van der Waals surface area (Å²) in [5, 5.41) is 6.69. The number of aryl methyl sites for hydroxylation is 1. The van der Waals surface area contributed by atoms with E-state index in [9.17, 15) is 9.59 Å². The van der Waals surface area contributed by atoms with Crippen LogP contribution in [0.5, 0.6) is 11.5 Å². The van der Waals surface area contributed by atoms with E-state index < -0.39 is 0 Å². The van der Waals surface area contributed by atoms with Crippen molar-refractivity contribution in [2.75, 3.05) is 45.9 Å². The molecule has 172 valence electrons. The van der Waals surface area contributed by atoms with E-state index in [0.29, 0.717) is 36.8 Å². The summed E-state index contributed by atoms with van der Waals surface area (Å²) in [7, 11) is 0. The van der Waals surface area contributed by atoms with Gasteiger partial charge in [0.2, 0.25) is 0 Å². The Labute approximate surface area is 187 Å². The Kier molecular flexibility index (Phi) is 6.36. The van der Waals surface area contributed by atoms with Crippen LogP contribution in [0.15, 0.2) is 28.8 Å². The molecule has 2 aliphatic heterocycles. The molecule has 0 atom stereocenters. The number of hydrogen-bond acceptors (Lipinski definition) is 7. The van der Waals surface area contributed by atoms with Gasteiger partial charge in [-0.15, -0.1) is 0 Å². The fourth-order valence-corrected chi connectivity index (χ4v) is 4.05. The zero-order valence-corrected chi connectivity index (χ0v) is 18.8. The van der Waals surface area contributed by atoms with Crippen LogP contribution in [0.4, 0.5) is 0 Å². The summed E-state index contributed by atoms with van der Waals surface area (Å²) in [5.74, 6) is 1.69. The Bertz CT molecular complexity index is 979. The summed E-state index contributed by atoms with van der Waals surface area (Å²) >= 11 is 0. The summed E-state index contributed by atoms with van der Waals surface area (Å²) in [6, 6.07) is 7.43. The van der Waals surface area contributed by atoms with Crippen molar-refractivity contribution in [3.63, 3.8) is 0 Å². The quantitative estimate of drug-likeness (QED) is 0.696. The van der Waals surface area contributed by atoms with Gasteiger partial charge in [-0.2, -0.15) is 0 Å². The van der Waals surface area contributed by atoms with Crippen molar-refractivity contribution < 1.29 is 23.6 Å². The summed E-state index contributed by atoms with van der Waals surface area (Å²) in [5.41, 5.74) is 1.19. The molecule has 4 rings (SSSR count). The number of nitrogens with zero attached hydrogens (tertiary/aromatic N) is 3.